The second-order valence-electron chi connectivity index (χ2n) is 3.03. The van der Waals surface area contributed by atoms with Gasteiger partial charge in [0.25, 0.3) is 0 Å². The second-order valence-corrected chi connectivity index (χ2v) is 3.03. The monoisotopic (exact) mass is 189 g/mol. The number of aliphatic carboxylic acids is 1. The molecule has 6 heteroatoms. The molecule has 2 atom stereocenters. The summed E-state index contributed by atoms with van der Waals surface area (Å²) in [6.45, 7) is 0.0513. The van der Waals surface area contributed by atoms with Crippen molar-refractivity contribution in [2.45, 2.75) is 12.5 Å². The normalized spacial score (nSPS) is 28.5. The summed E-state index contributed by atoms with van der Waals surface area (Å²) in [6.07, 6.45) is -2.05. The lowest BCUT2D eigenvalue weighted by Crippen LogP contribution is -2.48. The Bertz CT molecular complexity index is 229. The standard InChI is InChI=1S/C7H11NO5/c9-5-3-8(7(12)13)2-1-4(5)6(10)11/h4-5,9H,1-3H2,(H,10,11)(H,12,13). The third-order valence-corrected chi connectivity index (χ3v) is 2.17. The molecule has 0 spiro atoms. The molecular formula is C7H11NO5. The quantitative estimate of drug-likeness (QED) is 0.513. The maximum absolute atomic E-state index is 10.5. The number of carboxylic acid groups (broad SMARTS) is 2. The van der Waals surface area contributed by atoms with Gasteiger partial charge in [0.15, 0.2) is 0 Å². The molecule has 1 amide bonds. The van der Waals surface area contributed by atoms with Gasteiger partial charge in [-0.2, -0.15) is 0 Å². The van der Waals surface area contributed by atoms with Crippen molar-refractivity contribution < 1.29 is 24.9 Å². The molecule has 1 aliphatic rings. The minimum Gasteiger partial charge on any atom is -0.481 e. The van der Waals surface area contributed by atoms with Gasteiger partial charge in [-0.1, -0.05) is 0 Å². The number of piperidine rings is 1. The molecule has 6 nitrogen and oxygen atoms in total. The summed E-state index contributed by atoms with van der Waals surface area (Å²) in [7, 11) is 0. The maximum atomic E-state index is 10.5. The highest BCUT2D eigenvalue weighted by Crippen LogP contribution is 2.17. The van der Waals surface area contributed by atoms with Crippen LogP contribution in [0.1, 0.15) is 6.42 Å². The van der Waals surface area contributed by atoms with Crippen molar-refractivity contribution in [3.05, 3.63) is 0 Å². The summed E-state index contributed by atoms with van der Waals surface area (Å²) >= 11 is 0. The SMILES string of the molecule is O=C(O)C1CCN(C(=O)O)CC1O. The first-order valence-electron chi connectivity index (χ1n) is 3.91. The van der Waals surface area contributed by atoms with Crippen LogP contribution in [0.5, 0.6) is 0 Å². The first kappa shape index (κ1) is 9.79. The van der Waals surface area contributed by atoms with Crippen molar-refractivity contribution in [3.63, 3.8) is 0 Å². The van der Waals surface area contributed by atoms with Gasteiger partial charge >= 0.3 is 12.1 Å². The molecule has 0 aromatic carbocycles. The topological polar surface area (TPSA) is 98.1 Å². The fourth-order valence-corrected chi connectivity index (χ4v) is 1.39. The lowest BCUT2D eigenvalue weighted by atomic mass is 9.94. The van der Waals surface area contributed by atoms with Gasteiger partial charge in [0.05, 0.1) is 18.6 Å². The van der Waals surface area contributed by atoms with Crippen LogP contribution in [-0.4, -0.2) is 51.5 Å². The van der Waals surface area contributed by atoms with Crippen LogP contribution >= 0.6 is 0 Å². The van der Waals surface area contributed by atoms with Gasteiger partial charge in [-0.05, 0) is 6.42 Å². The molecule has 1 fully saturated rings. The lowest BCUT2D eigenvalue weighted by molar-refractivity contribution is -0.148. The number of likely N-dealkylation sites (tertiary alicyclic amines) is 1. The Labute approximate surface area is 74.4 Å². The summed E-state index contributed by atoms with van der Waals surface area (Å²) in [5, 5.41) is 26.4. The van der Waals surface area contributed by atoms with E-state index in [1.807, 2.05) is 0 Å². The fourth-order valence-electron chi connectivity index (χ4n) is 1.39. The van der Waals surface area contributed by atoms with E-state index in [0.29, 0.717) is 0 Å². The third-order valence-electron chi connectivity index (χ3n) is 2.17. The first-order valence-corrected chi connectivity index (χ1v) is 3.91. The highest BCUT2D eigenvalue weighted by atomic mass is 16.4. The molecule has 3 N–H and O–H groups in total. The summed E-state index contributed by atoms with van der Waals surface area (Å²) < 4.78 is 0. The molecule has 0 aromatic heterocycles. The van der Waals surface area contributed by atoms with Crippen LogP contribution in [0.2, 0.25) is 0 Å². The highest BCUT2D eigenvalue weighted by Gasteiger charge is 2.34. The van der Waals surface area contributed by atoms with Crippen molar-refractivity contribution in [1.82, 2.24) is 4.90 Å². The highest BCUT2D eigenvalue weighted by molar-refractivity contribution is 5.72. The Morgan fingerprint density at radius 2 is 1.92 bits per heavy atom. The van der Waals surface area contributed by atoms with Gasteiger partial charge in [0, 0.05) is 6.54 Å². The molecule has 0 saturated carbocycles. The van der Waals surface area contributed by atoms with Crippen LogP contribution in [0.4, 0.5) is 4.79 Å². The molecule has 1 rings (SSSR count). The summed E-state index contributed by atoms with van der Waals surface area (Å²) in [5.74, 6) is -1.91. The van der Waals surface area contributed by atoms with E-state index in [-0.39, 0.29) is 19.5 Å². The number of aliphatic hydroxyl groups is 1. The lowest BCUT2D eigenvalue weighted by Gasteiger charge is -2.31. The van der Waals surface area contributed by atoms with Gasteiger partial charge in [0.2, 0.25) is 0 Å². The Balaban J connectivity index is 2.56. The number of carbonyl (C=O) groups is 2. The summed E-state index contributed by atoms with van der Waals surface area (Å²) in [5.41, 5.74) is 0. The van der Waals surface area contributed by atoms with Gasteiger partial charge in [0.1, 0.15) is 0 Å². The van der Waals surface area contributed by atoms with Gasteiger partial charge < -0.3 is 20.2 Å². The zero-order valence-corrected chi connectivity index (χ0v) is 6.88. The number of aliphatic hydroxyl groups excluding tert-OH is 1. The molecule has 2 unspecified atom stereocenters. The molecule has 1 aliphatic heterocycles. The van der Waals surface area contributed by atoms with E-state index in [2.05, 4.69) is 0 Å². The Morgan fingerprint density at radius 3 is 2.31 bits per heavy atom. The van der Waals surface area contributed by atoms with Crippen LogP contribution in [0.3, 0.4) is 0 Å². The smallest absolute Gasteiger partial charge is 0.407 e. The zero-order chi connectivity index (χ0) is 10.0. The predicted molar refractivity (Wildman–Crippen MR) is 41.3 cm³/mol. The number of rotatable bonds is 1. The van der Waals surface area contributed by atoms with E-state index in [1.54, 1.807) is 0 Å². The summed E-state index contributed by atoms with van der Waals surface area (Å²) in [4.78, 5) is 22.0. The van der Waals surface area contributed by atoms with Crippen molar-refractivity contribution in [1.29, 1.82) is 0 Å². The van der Waals surface area contributed by atoms with E-state index < -0.39 is 24.1 Å². The van der Waals surface area contributed by atoms with Gasteiger partial charge in [-0.25, -0.2) is 4.79 Å². The van der Waals surface area contributed by atoms with Crippen molar-refractivity contribution in [2.75, 3.05) is 13.1 Å². The molecule has 13 heavy (non-hydrogen) atoms. The van der Waals surface area contributed by atoms with Gasteiger partial charge in [-0.3, -0.25) is 4.79 Å². The van der Waals surface area contributed by atoms with E-state index in [9.17, 15) is 14.7 Å². The van der Waals surface area contributed by atoms with Crippen LogP contribution in [0.25, 0.3) is 0 Å². The number of hydrogen-bond acceptors (Lipinski definition) is 3. The number of β-amino-alcohol motifs (C(OH)–C–C–N with tert-alkyl or cyclic N) is 1. The minimum absolute atomic E-state index is 0.119. The largest absolute Gasteiger partial charge is 0.481 e. The van der Waals surface area contributed by atoms with E-state index >= 15 is 0 Å². The Morgan fingerprint density at radius 1 is 1.31 bits per heavy atom. The summed E-state index contributed by atoms with van der Waals surface area (Å²) in [6, 6.07) is 0. The molecule has 0 bridgehead atoms. The Kier molecular flexibility index (Phi) is 2.72. The molecule has 0 aliphatic carbocycles. The molecule has 0 aromatic rings. The first-order chi connectivity index (χ1) is 6.02. The van der Waals surface area contributed by atoms with Crippen molar-refractivity contribution in [2.24, 2.45) is 5.92 Å². The predicted octanol–water partition coefficient (Wildman–Crippen LogP) is -0.568. The maximum Gasteiger partial charge on any atom is 0.407 e. The average Bonchev–Trinajstić information content (AvgIpc) is 2.03. The number of carboxylic acids is 1. The molecule has 0 radical (unpaired) electrons. The minimum atomic E-state index is -1.12. The number of amides is 1. The van der Waals surface area contributed by atoms with Crippen LogP contribution in [0, 0.1) is 5.92 Å². The van der Waals surface area contributed by atoms with Gasteiger partial charge in [-0.15, -0.1) is 0 Å². The van der Waals surface area contributed by atoms with E-state index in [4.69, 9.17) is 10.2 Å². The molecular weight excluding hydrogens is 178 g/mol. The molecule has 1 saturated heterocycles. The van der Waals surface area contributed by atoms with Crippen molar-refractivity contribution >= 4 is 12.1 Å². The number of hydrogen-bond donors (Lipinski definition) is 3. The van der Waals surface area contributed by atoms with E-state index in [1.165, 1.54) is 0 Å². The van der Waals surface area contributed by atoms with E-state index in [0.717, 1.165) is 4.90 Å². The van der Waals surface area contributed by atoms with Crippen LogP contribution < -0.4 is 0 Å². The van der Waals surface area contributed by atoms with Crippen LogP contribution in [0.15, 0.2) is 0 Å². The van der Waals surface area contributed by atoms with Crippen molar-refractivity contribution in [3.8, 4) is 0 Å². The van der Waals surface area contributed by atoms with Crippen LogP contribution in [-0.2, 0) is 4.79 Å². The second kappa shape index (κ2) is 3.61. The fraction of sp³-hybridized carbons (Fsp3) is 0.714. The molecule has 74 valence electrons. The average molecular weight is 189 g/mol. The Hall–Kier alpha value is -1.30. The molecule has 1 heterocycles. The number of nitrogens with zero attached hydrogens (tertiary/aromatic N) is 1. The third kappa shape index (κ3) is 2.09. The zero-order valence-electron chi connectivity index (χ0n) is 6.88.